The van der Waals surface area contributed by atoms with Crippen molar-refractivity contribution >= 4 is 21.8 Å². The Hall–Kier alpha value is -6.01. The van der Waals surface area contributed by atoms with Gasteiger partial charge in [-0.25, -0.2) is 23.7 Å². The van der Waals surface area contributed by atoms with E-state index >= 15 is 0 Å². The minimum absolute atomic E-state index is 0.379. The molecule has 0 unspecified atom stereocenters. The third-order valence-electron chi connectivity index (χ3n) is 8.20. The maximum absolute atomic E-state index is 15.0. The fourth-order valence-electron chi connectivity index (χ4n) is 6.19. The van der Waals surface area contributed by atoms with Crippen LogP contribution in [0.3, 0.4) is 0 Å². The van der Waals surface area contributed by atoms with Crippen LogP contribution in [-0.2, 0) is 0 Å². The van der Waals surface area contributed by atoms with Crippen molar-refractivity contribution in [2.24, 2.45) is 0 Å². The Morgan fingerprint density at radius 3 is 1.74 bits per heavy atom. The van der Waals surface area contributed by atoms with Gasteiger partial charge < -0.3 is 4.57 Å². The molecule has 220 valence electrons. The highest BCUT2D eigenvalue weighted by Gasteiger charge is 2.22. The number of fused-ring (bicyclic) bond motifs is 3. The number of nitrogens with zero attached hydrogens (tertiary/aromatic N) is 4. The highest BCUT2D eigenvalue weighted by Crippen LogP contribution is 2.41. The van der Waals surface area contributed by atoms with Crippen molar-refractivity contribution < 1.29 is 8.78 Å². The first-order valence-electron chi connectivity index (χ1n) is 15.0. The molecule has 2 heterocycles. The zero-order chi connectivity index (χ0) is 31.2. The van der Waals surface area contributed by atoms with Gasteiger partial charge in [0.05, 0.1) is 16.7 Å². The summed E-state index contributed by atoms with van der Waals surface area (Å²) in [5.41, 5.74) is 7.11. The summed E-state index contributed by atoms with van der Waals surface area (Å²) in [7, 11) is 0. The molecule has 0 aliphatic carbocycles. The normalized spacial score (nSPS) is 11.4. The van der Waals surface area contributed by atoms with Crippen LogP contribution >= 0.6 is 0 Å². The van der Waals surface area contributed by atoms with Crippen LogP contribution in [0.1, 0.15) is 5.56 Å². The molecule has 0 amide bonds. The van der Waals surface area contributed by atoms with Crippen LogP contribution in [0.4, 0.5) is 8.78 Å². The maximum atomic E-state index is 15.0. The average Bonchev–Trinajstić information content (AvgIpc) is 3.41. The molecule has 8 aromatic rings. The Kier molecular flexibility index (Phi) is 6.68. The summed E-state index contributed by atoms with van der Waals surface area (Å²) in [6.45, 7) is 2.07. The topological polar surface area (TPSA) is 43.6 Å². The minimum Gasteiger partial charge on any atom is -0.309 e. The molecule has 0 N–H and O–H groups in total. The summed E-state index contributed by atoms with van der Waals surface area (Å²) in [4.78, 5) is 14.8. The van der Waals surface area contributed by atoms with Gasteiger partial charge in [-0.15, -0.1) is 0 Å². The number of para-hydroxylation sites is 1. The number of hydrogen-bond donors (Lipinski definition) is 0. The molecule has 0 fully saturated rings. The second-order valence-electron chi connectivity index (χ2n) is 11.3. The van der Waals surface area contributed by atoms with Crippen molar-refractivity contribution in [1.29, 1.82) is 0 Å². The van der Waals surface area contributed by atoms with E-state index in [-0.39, 0.29) is 0 Å². The average molecular weight is 601 g/mol. The summed E-state index contributed by atoms with van der Waals surface area (Å²) in [5.74, 6) is 0.0568. The van der Waals surface area contributed by atoms with E-state index in [1.54, 1.807) is 0 Å². The number of benzene rings is 6. The first-order valence-corrected chi connectivity index (χ1v) is 15.0. The van der Waals surface area contributed by atoms with E-state index in [0.29, 0.717) is 34.2 Å². The number of aromatic nitrogens is 4. The predicted octanol–water partition coefficient (Wildman–Crippen LogP) is 10.2. The van der Waals surface area contributed by atoms with Crippen LogP contribution in [0.2, 0.25) is 0 Å². The van der Waals surface area contributed by atoms with Gasteiger partial charge in [0.15, 0.2) is 17.5 Å². The summed E-state index contributed by atoms with van der Waals surface area (Å²) < 4.78 is 32.1. The van der Waals surface area contributed by atoms with E-state index in [2.05, 4.69) is 41.8 Å². The van der Waals surface area contributed by atoms with Crippen LogP contribution in [-0.4, -0.2) is 19.5 Å². The Labute approximate surface area is 264 Å². The second-order valence-corrected chi connectivity index (χ2v) is 11.3. The van der Waals surface area contributed by atoms with E-state index in [0.717, 1.165) is 50.2 Å². The Morgan fingerprint density at radius 2 is 1.07 bits per heavy atom. The second kappa shape index (κ2) is 11.2. The first kappa shape index (κ1) is 27.5. The molecular weight excluding hydrogens is 574 g/mol. The molecule has 6 heteroatoms. The Morgan fingerprint density at radius 1 is 0.478 bits per heavy atom. The van der Waals surface area contributed by atoms with Crippen LogP contribution in [0, 0.1) is 18.6 Å². The molecule has 0 aliphatic heterocycles. The number of aryl methyl sites for hydroxylation is 1. The minimum atomic E-state index is -0.667. The lowest BCUT2D eigenvalue weighted by molar-refractivity contribution is 0.584. The third-order valence-corrected chi connectivity index (χ3v) is 8.20. The lowest BCUT2D eigenvalue weighted by Crippen LogP contribution is -2.04. The van der Waals surface area contributed by atoms with E-state index in [4.69, 9.17) is 15.0 Å². The van der Waals surface area contributed by atoms with E-state index in [1.807, 2.05) is 91.0 Å². The lowest BCUT2D eigenvalue weighted by Gasteiger charge is -2.18. The van der Waals surface area contributed by atoms with Gasteiger partial charge in [0.1, 0.15) is 11.6 Å². The molecule has 0 spiro atoms. The lowest BCUT2D eigenvalue weighted by atomic mass is 9.96. The first-order chi connectivity index (χ1) is 22.5. The third kappa shape index (κ3) is 4.81. The van der Waals surface area contributed by atoms with Crippen molar-refractivity contribution in [3.8, 4) is 51.0 Å². The fraction of sp³-hybridized carbons (Fsp3) is 0.0250. The summed E-state index contributed by atoms with van der Waals surface area (Å²) >= 11 is 0. The van der Waals surface area contributed by atoms with Crippen LogP contribution in [0.5, 0.6) is 0 Å². The van der Waals surface area contributed by atoms with Crippen molar-refractivity contribution in [3.63, 3.8) is 0 Å². The SMILES string of the molecule is Cc1ccc2c(c1)c1ccccc1n2-c1cccc(-c2nc(-c3ccccc3)nc(-c3ccccc3)n2)c1-c1cc(F)cc(F)c1. The molecule has 0 atom stereocenters. The van der Waals surface area contributed by atoms with Gasteiger partial charge in [-0.3, -0.25) is 0 Å². The van der Waals surface area contributed by atoms with Crippen LogP contribution < -0.4 is 0 Å². The molecule has 8 rings (SSSR count). The quantitative estimate of drug-likeness (QED) is 0.197. The molecule has 0 radical (unpaired) electrons. The predicted molar refractivity (Wildman–Crippen MR) is 181 cm³/mol. The molecule has 2 aromatic heterocycles. The van der Waals surface area contributed by atoms with Crippen molar-refractivity contribution in [3.05, 3.63) is 157 Å². The molecular formula is C40H26F2N4. The molecule has 0 aliphatic rings. The van der Waals surface area contributed by atoms with Gasteiger partial charge >= 0.3 is 0 Å². The van der Waals surface area contributed by atoms with Gasteiger partial charge in [0, 0.05) is 39.1 Å². The molecule has 0 saturated carbocycles. The summed E-state index contributed by atoms with van der Waals surface area (Å²) in [5, 5.41) is 2.18. The number of halogens is 2. The van der Waals surface area contributed by atoms with E-state index in [1.165, 1.54) is 12.1 Å². The monoisotopic (exact) mass is 600 g/mol. The largest absolute Gasteiger partial charge is 0.309 e. The van der Waals surface area contributed by atoms with Gasteiger partial charge in [-0.2, -0.15) is 0 Å². The zero-order valence-electron chi connectivity index (χ0n) is 24.8. The molecule has 0 saturated heterocycles. The van der Waals surface area contributed by atoms with Crippen LogP contribution in [0.25, 0.3) is 72.8 Å². The van der Waals surface area contributed by atoms with Crippen molar-refractivity contribution in [2.75, 3.05) is 0 Å². The fourth-order valence-corrected chi connectivity index (χ4v) is 6.19. The Balaban J connectivity index is 1.48. The smallest absolute Gasteiger partial charge is 0.164 e. The maximum Gasteiger partial charge on any atom is 0.164 e. The van der Waals surface area contributed by atoms with Gasteiger partial charge in [-0.1, -0.05) is 103 Å². The van der Waals surface area contributed by atoms with Gasteiger partial charge in [0.25, 0.3) is 0 Å². The zero-order valence-corrected chi connectivity index (χ0v) is 24.8. The van der Waals surface area contributed by atoms with Gasteiger partial charge in [-0.05, 0) is 48.9 Å². The highest BCUT2D eigenvalue weighted by molar-refractivity contribution is 6.10. The standard InChI is InChI=1S/C40H26F2N4/c1-25-19-20-35-33(21-25)31-15-8-9-17-34(31)46(35)36-18-10-16-32(37(36)28-22-29(41)24-30(42)23-28)40-44-38(26-11-4-2-5-12-26)43-39(45-40)27-13-6-3-7-14-27/h2-24H,1H3. The van der Waals surface area contributed by atoms with Gasteiger partial charge in [0.2, 0.25) is 0 Å². The molecule has 6 aromatic carbocycles. The van der Waals surface area contributed by atoms with Crippen LogP contribution in [0.15, 0.2) is 140 Å². The van der Waals surface area contributed by atoms with Crippen molar-refractivity contribution in [1.82, 2.24) is 19.5 Å². The number of rotatable bonds is 5. The summed E-state index contributed by atoms with van der Waals surface area (Å²) in [6, 6.07) is 43.4. The highest BCUT2D eigenvalue weighted by atomic mass is 19.1. The molecule has 4 nitrogen and oxygen atoms in total. The van der Waals surface area contributed by atoms with Crippen molar-refractivity contribution in [2.45, 2.75) is 6.92 Å². The Bertz CT molecular complexity index is 2320. The van der Waals surface area contributed by atoms with E-state index in [9.17, 15) is 8.78 Å². The molecule has 0 bridgehead atoms. The molecule has 46 heavy (non-hydrogen) atoms. The van der Waals surface area contributed by atoms with E-state index < -0.39 is 11.6 Å². The number of hydrogen-bond acceptors (Lipinski definition) is 3. The summed E-state index contributed by atoms with van der Waals surface area (Å²) in [6.07, 6.45) is 0.